The van der Waals surface area contributed by atoms with Crippen molar-refractivity contribution >= 4 is 22.9 Å². The van der Waals surface area contributed by atoms with Crippen molar-refractivity contribution in [1.29, 1.82) is 0 Å². The molecule has 1 aliphatic rings. The number of hydrogen-bond donors (Lipinski definition) is 2. The van der Waals surface area contributed by atoms with Crippen LogP contribution >= 0.6 is 0 Å². The van der Waals surface area contributed by atoms with Crippen molar-refractivity contribution in [3.63, 3.8) is 0 Å². The lowest BCUT2D eigenvalue weighted by Crippen LogP contribution is -2.15. The fraction of sp³-hybridized carbons (Fsp3) is 0.111. The van der Waals surface area contributed by atoms with Gasteiger partial charge in [0.1, 0.15) is 5.75 Å². The molecule has 0 bridgehead atoms. The van der Waals surface area contributed by atoms with Gasteiger partial charge in [0.2, 0.25) is 0 Å². The molecule has 0 aromatic heterocycles. The molecular weight excluding hydrogens is 276 g/mol. The van der Waals surface area contributed by atoms with Gasteiger partial charge >= 0.3 is 0 Å². The van der Waals surface area contributed by atoms with Crippen molar-refractivity contribution < 1.29 is 9.90 Å². The predicted molar refractivity (Wildman–Crippen MR) is 88.0 cm³/mol. The van der Waals surface area contributed by atoms with E-state index >= 15 is 0 Å². The molecule has 0 atom stereocenters. The minimum atomic E-state index is -0.219. The molecule has 110 valence electrons. The van der Waals surface area contributed by atoms with Crippen LogP contribution in [0.25, 0.3) is 0 Å². The molecule has 0 amide bonds. The second-order valence-electron chi connectivity index (χ2n) is 5.14. The fourth-order valence-corrected chi connectivity index (χ4v) is 2.49. The number of anilines is 1. The molecule has 0 unspecified atom stereocenters. The number of rotatable bonds is 2. The quantitative estimate of drug-likeness (QED) is 0.658. The highest BCUT2D eigenvalue weighted by Crippen LogP contribution is 2.31. The van der Waals surface area contributed by atoms with Crippen LogP contribution < -0.4 is 5.73 Å². The number of allylic oxidation sites excluding steroid dienone is 2. The van der Waals surface area contributed by atoms with Crippen LogP contribution in [0.15, 0.2) is 53.5 Å². The summed E-state index contributed by atoms with van der Waals surface area (Å²) < 4.78 is 0. The molecule has 0 radical (unpaired) electrons. The van der Waals surface area contributed by atoms with E-state index in [4.69, 9.17) is 5.73 Å². The molecule has 2 aromatic rings. The molecular formula is C18H16N2O2. The molecule has 0 heterocycles. The zero-order chi connectivity index (χ0) is 15.7. The number of phenols is 1. The maximum absolute atomic E-state index is 12.0. The van der Waals surface area contributed by atoms with Gasteiger partial charge in [-0.05, 0) is 48.4 Å². The third-order valence-electron chi connectivity index (χ3n) is 3.70. The Labute approximate surface area is 128 Å². The number of aromatic hydroxyl groups is 1. The van der Waals surface area contributed by atoms with Gasteiger partial charge < -0.3 is 10.8 Å². The summed E-state index contributed by atoms with van der Waals surface area (Å²) >= 11 is 0. The van der Waals surface area contributed by atoms with Crippen molar-refractivity contribution in [3.8, 4) is 5.75 Å². The number of carbonyl (C=O) groups excluding carboxylic acids is 1. The zero-order valence-electron chi connectivity index (χ0n) is 12.2. The molecule has 1 aliphatic carbocycles. The SMILES string of the molecule is CCc1ccc(N=C2C=CC(=O)c3c(N)ccc(O)c32)cc1. The van der Waals surface area contributed by atoms with E-state index in [9.17, 15) is 9.90 Å². The number of aliphatic imine (C=N–C) groups is 1. The molecule has 0 saturated carbocycles. The number of nitrogen functional groups attached to an aromatic ring is 1. The van der Waals surface area contributed by atoms with E-state index in [1.54, 1.807) is 6.08 Å². The molecule has 0 fully saturated rings. The van der Waals surface area contributed by atoms with E-state index in [0.29, 0.717) is 22.5 Å². The van der Waals surface area contributed by atoms with Gasteiger partial charge in [-0.2, -0.15) is 0 Å². The average Bonchev–Trinajstić information content (AvgIpc) is 2.53. The minimum absolute atomic E-state index is 0.00540. The second kappa shape index (κ2) is 5.48. The number of nitrogens with two attached hydrogens (primary N) is 1. The molecule has 3 N–H and O–H groups in total. The summed E-state index contributed by atoms with van der Waals surface area (Å²) in [5.41, 5.74) is 9.45. The summed E-state index contributed by atoms with van der Waals surface area (Å²) in [7, 11) is 0. The standard InChI is InChI=1S/C18H16N2O2/c1-2-11-3-5-12(6-4-11)20-14-8-10-15(21)17-13(19)7-9-16(22)18(14)17/h3-10,22H,2,19H2,1H3. The van der Waals surface area contributed by atoms with Gasteiger partial charge in [-0.25, -0.2) is 4.99 Å². The van der Waals surface area contributed by atoms with Gasteiger partial charge in [0.25, 0.3) is 0 Å². The number of benzene rings is 2. The van der Waals surface area contributed by atoms with Crippen LogP contribution in [-0.2, 0) is 6.42 Å². The Balaban J connectivity index is 2.13. The van der Waals surface area contributed by atoms with Gasteiger partial charge in [-0.15, -0.1) is 0 Å². The molecule has 0 saturated heterocycles. The lowest BCUT2D eigenvalue weighted by atomic mass is 9.92. The topological polar surface area (TPSA) is 75.7 Å². The predicted octanol–water partition coefficient (Wildman–Crippen LogP) is 3.41. The van der Waals surface area contributed by atoms with Crippen molar-refractivity contribution in [1.82, 2.24) is 0 Å². The summed E-state index contributed by atoms with van der Waals surface area (Å²) in [6.45, 7) is 2.09. The zero-order valence-corrected chi connectivity index (χ0v) is 12.2. The first-order valence-electron chi connectivity index (χ1n) is 7.12. The van der Waals surface area contributed by atoms with E-state index in [2.05, 4.69) is 11.9 Å². The van der Waals surface area contributed by atoms with Crippen LogP contribution in [0.5, 0.6) is 5.75 Å². The average molecular weight is 292 g/mol. The molecule has 0 aliphatic heterocycles. The van der Waals surface area contributed by atoms with Crippen molar-refractivity contribution in [2.75, 3.05) is 5.73 Å². The summed E-state index contributed by atoms with van der Waals surface area (Å²) in [5, 5.41) is 10.1. The maximum Gasteiger partial charge on any atom is 0.188 e. The third-order valence-corrected chi connectivity index (χ3v) is 3.70. The van der Waals surface area contributed by atoms with Crippen LogP contribution in [0.2, 0.25) is 0 Å². The first-order chi connectivity index (χ1) is 10.6. The largest absolute Gasteiger partial charge is 0.507 e. The summed E-state index contributed by atoms with van der Waals surface area (Å²) in [5.74, 6) is -0.213. The number of phenolic OH excluding ortho intramolecular Hbond substituents is 1. The minimum Gasteiger partial charge on any atom is -0.507 e. The number of nitrogens with zero attached hydrogens (tertiary/aromatic N) is 1. The van der Waals surface area contributed by atoms with E-state index < -0.39 is 0 Å². The van der Waals surface area contributed by atoms with Crippen molar-refractivity contribution in [3.05, 3.63) is 65.2 Å². The van der Waals surface area contributed by atoms with E-state index in [1.165, 1.54) is 23.8 Å². The second-order valence-corrected chi connectivity index (χ2v) is 5.14. The third kappa shape index (κ3) is 2.39. The summed E-state index contributed by atoms with van der Waals surface area (Å²) in [4.78, 5) is 16.5. The van der Waals surface area contributed by atoms with Crippen molar-refractivity contribution in [2.24, 2.45) is 4.99 Å². The Hall–Kier alpha value is -2.88. The highest BCUT2D eigenvalue weighted by Gasteiger charge is 2.23. The van der Waals surface area contributed by atoms with Crippen LogP contribution in [0.3, 0.4) is 0 Å². The first-order valence-corrected chi connectivity index (χ1v) is 7.12. The molecule has 3 rings (SSSR count). The number of carbonyl (C=O) groups is 1. The van der Waals surface area contributed by atoms with Crippen LogP contribution in [0.1, 0.15) is 28.4 Å². The molecule has 4 heteroatoms. The molecule has 2 aromatic carbocycles. The Morgan fingerprint density at radius 1 is 1.05 bits per heavy atom. The molecule has 0 spiro atoms. The molecule has 4 nitrogen and oxygen atoms in total. The van der Waals surface area contributed by atoms with Gasteiger partial charge in [0, 0.05) is 5.69 Å². The maximum atomic E-state index is 12.0. The van der Waals surface area contributed by atoms with Gasteiger partial charge in [-0.1, -0.05) is 19.1 Å². The number of fused-ring (bicyclic) bond motifs is 1. The van der Waals surface area contributed by atoms with E-state index in [0.717, 1.165) is 12.1 Å². The smallest absolute Gasteiger partial charge is 0.188 e. The first kappa shape index (κ1) is 14.1. The Morgan fingerprint density at radius 3 is 2.45 bits per heavy atom. The van der Waals surface area contributed by atoms with E-state index in [1.807, 2.05) is 24.3 Å². The lowest BCUT2D eigenvalue weighted by molar-refractivity contribution is 0.104. The van der Waals surface area contributed by atoms with Crippen LogP contribution in [0.4, 0.5) is 11.4 Å². The fourth-order valence-electron chi connectivity index (χ4n) is 2.49. The van der Waals surface area contributed by atoms with Crippen LogP contribution in [0, 0.1) is 0 Å². The number of hydrogen-bond acceptors (Lipinski definition) is 4. The normalized spacial score (nSPS) is 15.1. The van der Waals surface area contributed by atoms with Gasteiger partial charge in [0.15, 0.2) is 5.78 Å². The Bertz CT molecular complexity index is 803. The lowest BCUT2D eigenvalue weighted by Gasteiger charge is -2.16. The van der Waals surface area contributed by atoms with Crippen molar-refractivity contribution in [2.45, 2.75) is 13.3 Å². The van der Waals surface area contributed by atoms with Gasteiger partial charge in [-0.3, -0.25) is 4.79 Å². The highest BCUT2D eigenvalue weighted by atomic mass is 16.3. The summed E-state index contributed by atoms with van der Waals surface area (Å²) in [6.07, 6.45) is 4.00. The Morgan fingerprint density at radius 2 is 1.77 bits per heavy atom. The van der Waals surface area contributed by atoms with E-state index in [-0.39, 0.29) is 11.5 Å². The monoisotopic (exact) mass is 292 g/mol. The number of aryl methyl sites for hydroxylation is 1. The molecule has 22 heavy (non-hydrogen) atoms. The van der Waals surface area contributed by atoms with Gasteiger partial charge in [0.05, 0.1) is 22.5 Å². The van der Waals surface area contributed by atoms with Crippen LogP contribution in [-0.4, -0.2) is 16.6 Å². The Kier molecular flexibility index (Phi) is 3.51. The summed E-state index contributed by atoms with van der Waals surface area (Å²) in [6, 6.07) is 10.9. The number of ketones is 1. The highest BCUT2D eigenvalue weighted by molar-refractivity contribution is 6.27.